The van der Waals surface area contributed by atoms with Crippen molar-refractivity contribution in [3.05, 3.63) is 58.9 Å². The van der Waals surface area contributed by atoms with E-state index in [1.807, 2.05) is 32.0 Å². The van der Waals surface area contributed by atoms with Crippen molar-refractivity contribution in [3.8, 4) is 0 Å². The molecule has 0 spiro atoms. The summed E-state index contributed by atoms with van der Waals surface area (Å²) in [5.41, 5.74) is 2.43. The Morgan fingerprint density at radius 3 is 2.40 bits per heavy atom. The summed E-state index contributed by atoms with van der Waals surface area (Å²) in [7, 11) is 0. The Bertz CT molecular complexity index is 660. The molecule has 1 aromatic carbocycles. The van der Waals surface area contributed by atoms with Gasteiger partial charge in [0.05, 0.1) is 5.56 Å². The maximum atomic E-state index is 12.1. The number of aromatic carboxylic acids is 1. The summed E-state index contributed by atoms with van der Waals surface area (Å²) in [6.07, 6.45) is 1.39. The number of amides is 1. The lowest BCUT2D eigenvalue weighted by atomic mass is 10.1. The largest absolute Gasteiger partial charge is 0.478 e. The van der Waals surface area contributed by atoms with Crippen molar-refractivity contribution in [1.82, 2.24) is 4.98 Å². The third-order valence-electron chi connectivity index (χ3n) is 2.73. The quantitative estimate of drug-likeness (QED) is 0.898. The zero-order valence-electron chi connectivity index (χ0n) is 11.2. The molecule has 0 fully saturated rings. The maximum absolute atomic E-state index is 12.1. The number of hydrogen-bond donors (Lipinski definition) is 2. The van der Waals surface area contributed by atoms with Crippen LogP contribution >= 0.6 is 0 Å². The molecular weight excluding hydrogens is 256 g/mol. The number of nitrogens with one attached hydrogen (secondary N) is 1. The van der Waals surface area contributed by atoms with Gasteiger partial charge in [0.1, 0.15) is 5.69 Å². The van der Waals surface area contributed by atoms with Gasteiger partial charge in [0.15, 0.2) is 0 Å². The predicted molar refractivity (Wildman–Crippen MR) is 75.1 cm³/mol. The van der Waals surface area contributed by atoms with Gasteiger partial charge in [-0.1, -0.05) is 6.07 Å². The third kappa shape index (κ3) is 3.00. The Morgan fingerprint density at radius 2 is 1.80 bits per heavy atom. The van der Waals surface area contributed by atoms with Gasteiger partial charge >= 0.3 is 5.97 Å². The summed E-state index contributed by atoms with van der Waals surface area (Å²) in [4.78, 5) is 27.0. The van der Waals surface area contributed by atoms with E-state index in [1.165, 1.54) is 18.3 Å². The second-order valence-corrected chi connectivity index (χ2v) is 4.54. The fourth-order valence-electron chi connectivity index (χ4n) is 2.00. The number of hydrogen-bond acceptors (Lipinski definition) is 3. The van der Waals surface area contributed by atoms with Crippen LogP contribution in [0.1, 0.15) is 32.0 Å². The third-order valence-corrected chi connectivity index (χ3v) is 2.73. The molecule has 0 atom stereocenters. The fourth-order valence-corrected chi connectivity index (χ4v) is 2.00. The van der Waals surface area contributed by atoms with Crippen molar-refractivity contribution in [1.29, 1.82) is 0 Å². The number of pyridine rings is 1. The van der Waals surface area contributed by atoms with Gasteiger partial charge in [-0.3, -0.25) is 9.78 Å². The van der Waals surface area contributed by atoms with Crippen LogP contribution in [0, 0.1) is 13.8 Å². The zero-order valence-corrected chi connectivity index (χ0v) is 11.2. The Balaban J connectivity index is 2.31. The van der Waals surface area contributed by atoms with E-state index >= 15 is 0 Å². The average molecular weight is 270 g/mol. The van der Waals surface area contributed by atoms with Crippen molar-refractivity contribution < 1.29 is 14.7 Å². The van der Waals surface area contributed by atoms with Crippen molar-refractivity contribution in [2.75, 3.05) is 5.32 Å². The van der Waals surface area contributed by atoms with E-state index in [9.17, 15) is 9.59 Å². The van der Waals surface area contributed by atoms with Crippen LogP contribution < -0.4 is 5.32 Å². The molecule has 5 heteroatoms. The predicted octanol–water partition coefficient (Wildman–Crippen LogP) is 2.65. The summed E-state index contributed by atoms with van der Waals surface area (Å²) in [5, 5.41) is 11.7. The van der Waals surface area contributed by atoms with E-state index in [4.69, 9.17) is 5.11 Å². The van der Waals surface area contributed by atoms with Gasteiger partial charge in [0.2, 0.25) is 0 Å². The van der Waals surface area contributed by atoms with Crippen molar-refractivity contribution in [2.24, 2.45) is 0 Å². The van der Waals surface area contributed by atoms with E-state index in [-0.39, 0.29) is 11.3 Å². The van der Waals surface area contributed by atoms with Crippen LogP contribution in [-0.2, 0) is 0 Å². The van der Waals surface area contributed by atoms with Crippen molar-refractivity contribution >= 4 is 17.6 Å². The van der Waals surface area contributed by atoms with Crippen LogP contribution in [-0.4, -0.2) is 22.0 Å². The smallest absolute Gasteiger partial charge is 0.338 e. The van der Waals surface area contributed by atoms with Gasteiger partial charge in [-0.15, -0.1) is 0 Å². The molecule has 2 N–H and O–H groups in total. The Kier molecular flexibility index (Phi) is 3.79. The minimum atomic E-state index is -1.18. The topological polar surface area (TPSA) is 79.3 Å². The Labute approximate surface area is 116 Å². The molecule has 5 nitrogen and oxygen atoms in total. The summed E-state index contributed by atoms with van der Waals surface area (Å²) in [5.74, 6) is -1.71. The molecule has 102 valence electrons. The standard InChI is InChI=1S/C15H14N2O3/c1-9-6-10(2)8-11(7-9)17-14(18)13-12(15(19)20)4-3-5-16-13/h3-8H,1-2H3,(H,17,18)(H,19,20). The van der Waals surface area contributed by atoms with Crippen molar-refractivity contribution in [2.45, 2.75) is 13.8 Å². The number of aryl methyl sites for hydroxylation is 2. The van der Waals surface area contributed by atoms with E-state index in [0.717, 1.165) is 11.1 Å². The molecule has 1 amide bonds. The van der Waals surface area contributed by atoms with Crippen LogP contribution in [0.25, 0.3) is 0 Å². The minimum absolute atomic E-state index is 0.0980. The van der Waals surface area contributed by atoms with Crippen LogP contribution in [0.4, 0.5) is 5.69 Å². The van der Waals surface area contributed by atoms with Gasteiger partial charge in [0, 0.05) is 11.9 Å². The number of carboxylic acid groups (broad SMARTS) is 1. The summed E-state index contributed by atoms with van der Waals surface area (Å²) in [6.45, 7) is 3.85. The number of benzene rings is 1. The lowest BCUT2D eigenvalue weighted by Crippen LogP contribution is -2.18. The molecule has 1 heterocycles. The van der Waals surface area contributed by atoms with E-state index < -0.39 is 11.9 Å². The van der Waals surface area contributed by atoms with Gasteiger partial charge in [-0.2, -0.15) is 0 Å². The maximum Gasteiger partial charge on any atom is 0.338 e. The van der Waals surface area contributed by atoms with E-state index in [2.05, 4.69) is 10.3 Å². The van der Waals surface area contributed by atoms with Gasteiger partial charge in [-0.25, -0.2) is 4.79 Å². The molecule has 0 radical (unpaired) electrons. The normalized spacial score (nSPS) is 10.1. The van der Waals surface area contributed by atoms with Crippen LogP contribution in [0.5, 0.6) is 0 Å². The molecular formula is C15H14N2O3. The number of carbonyl (C=O) groups is 2. The first-order valence-corrected chi connectivity index (χ1v) is 6.05. The average Bonchev–Trinajstić information content (AvgIpc) is 2.37. The highest BCUT2D eigenvalue weighted by Gasteiger charge is 2.17. The van der Waals surface area contributed by atoms with Gasteiger partial charge < -0.3 is 10.4 Å². The lowest BCUT2D eigenvalue weighted by molar-refractivity contribution is 0.0691. The minimum Gasteiger partial charge on any atom is -0.478 e. The number of rotatable bonds is 3. The van der Waals surface area contributed by atoms with Crippen LogP contribution in [0.2, 0.25) is 0 Å². The zero-order chi connectivity index (χ0) is 14.7. The molecule has 1 aromatic heterocycles. The number of anilines is 1. The highest BCUT2D eigenvalue weighted by Crippen LogP contribution is 2.15. The number of nitrogens with zero attached hydrogens (tertiary/aromatic N) is 1. The molecule has 2 rings (SSSR count). The first-order valence-electron chi connectivity index (χ1n) is 6.05. The molecule has 0 aliphatic carbocycles. The van der Waals surface area contributed by atoms with Crippen LogP contribution in [0.3, 0.4) is 0 Å². The molecule has 0 aliphatic rings. The van der Waals surface area contributed by atoms with Crippen LogP contribution in [0.15, 0.2) is 36.5 Å². The van der Waals surface area contributed by atoms with E-state index in [0.29, 0.717) is 5.69 Å². The van der Waals surface area contributed by atoms with Crippen molar-refractivity contribution in [3.63, 3.8) is 0 Å². The number of carbonyl (C=O) groups excluding carboxylic acids is 1. The number of carboxylic acids is 1. The summed E-state index contributed by atoms with van der Waals surface area (Å²) in [6, 6.07) is 8.45. The molecule has 0 saturated heterocycles. The summed E-state index contributed by atoms with van der Waals surface area (Å²) < 4.78 is 0. The Hall–Kier alpha value is -2.69. The first kappa shape index (κ1) is 13.7. The molecule has 0 aliphatic heterocycles. The van der Waals surface area contributed by atoms with Gasteiger partial charge in [-0.05, 0) is 49.2 Å². The SMILES string of the molecule is Cc1cc(C)cc(NC(=O)c2ncccc2C(=O)O)c1. The number of aromatic nitrogens is 1. The van der Waals surface area contributed by atoms with Gasteiger partial charge in [0.25, 0.3) is 5.91 Å². The Morgan fingerprint density at radius 1 is 1.15 bits per heavy atom. The molecule has 0 unspecified atom stereocenters. The lowest BCUT2D eigenvalue weighted by Gasteiger charge is -2.08. The second kappa shape index (κ2) is 5.52. The highest BCUT2D eigenvalue weighted by atomic mass is 16.4. The molecule has 2 aromatic rings. The molecule has 0 bridgehead atoms. The second-order valence-electron chi connectivity index (χ2n) is 4.54. The molecule has 0 saturated carbocycles. The molecule has 20 heavy (non-hydrogen) atoms. The highest BCUT2D eigenvalue weighted by molar-refractivity contribution is 6.09. The summed E-state index contributed by atoms with van der Waals surface area (Å²) >= 11 is 0. The fraction of sp³-hybridized carbons (Fsp3) is 0.133. The first-order chi connectivity index (χ1) is 9.47. The van der Waals surface area contributed by atoms with E-state index in [1.54, 1.807) is 0 Å². The monoisotopic (exact) mass is 270 g/mol.